The lowest BCUT2D eigenvalue weighted by atomic mass is 10.1. The van der Waals surface area contributed by atoms with Gasteiger partial charge in [-0.3, -0.25) is 14.9 Å². The molecule has 26 heavy (non-hydrogen) atoms. The Morgan fingerprint density at radius 3 is 2.27 bits per heavy atom. The number of hydrogen-bond acceptors (Lipinski definition) is 5. The van der Waals surface area contributed by atoms with E-state index in [9.17, 15) is 14.4 Å². The summed E-state index contributed by atoms with van der Waals surface area (Å²) in [5.41, 5.74) is 2.06. The van der Waals surface area contributed by atoms with Crippen molar-refractivity contribution in [1.82, 2.24) is 5.32 Å². The third-order valence-electron chi connectivity index (χ3n) is 3.91. The Labute approximate surface area is 150 Å². The molecular weight excluding hydrogens is 334 g/mol. The summed E-state index contributed by atoms with van der Waals surface area (Å²) in [7, 11) is 3.63. The van der Waals surface area contributed by atoms with Gasteiger partial charge in [0.15, 0.2) is 5.88 Å². The predicted molar refractivity (Wildman–Crippen MR) is 98.0 cm³/mol. The number of benzene rings is 1. The minimum Gasteiger partial charge on any atom is -0.441 e. The first-order chi connectivity index (χ1) is 12.3. The van der Waals surface area contributed by atoms with E-state index in [1.807, 2.05) is 34.0 Å². The van der Waals surface area contributed by atoms with Gasteiger partial charge >= 0.3 is 6.03 Å². The molecule has 2 aromatic rings. The van der Waals surface area contributed by atoms with Gasteiger partial charge in [0.2, 0.25) is 0 Å². The lowest BCUT2D eigenvalue weighted by Crippen LogP contribution is -2.54. The number of furan rings is 1. The zero-order chi connectivity index (χ0) is 19.0. The van der Waals surface area contributed by atoms with Gasteiger partial charge in [0.25, 0.3) is 11.8 Å². The van der Waals surface area contributed by atoms with Crippen LogP contribution in [-0.4, -0.2) is 31.9 Å². The summed E-state index contributed by atoms with van der Waals surface area (Å²) < 4.78 is 5.56. The number of barbiturate groups is 1. The van der Waals surface area contributed by atoms with Crippen LogP contribution in [0, 0.1) is 13.8 Å². The van der Waals surface area contributed by atoms with Gasteiger partial charge in [-0.05, 0) is 49.2 Å². The average Bonchev–Trinajstić information content (AvgIpc) is 2.99. The van der Waals surface area contributed by atoms with Crippen molar-refractivity contribution in [3.05, 3.63) is 52.8 Å². The van der Waals surface area contributed by atoms with Gasteiger partial charge in [0.1, 0.15) is 11.3 Å². The molecule has 0 aliphatic carbocycles. The van der Waals surface area contributed by atoms with Gasteiger partial charge < -0.3 is 9.32 Å². The molecule has 0 radical (unpaired) electrons. The highest BCUT2D eigenvalue weighted by Gasteiger charge is 2.37. The van der Waals surface area contributed by atoms with E-state index < -0.39 is 17.8 Å². The standard InChI is InChI=1S/C19H19N3O4/c1-11-7-12(2)9-13(8-11)22-18(24)15(17(23)20-19(22)25)10-14-5-6-16(26-14)21(3)4/h5-10H,1-4H3,(H,20,23,25)/b15-10-. The van der Waals surface area contributed by atoms with Crippen LogP contribution in [0.3, 0.4) is 0 Å². The predicted octanol–water partition coefficient (Wildman–Crippen LogP) is 2.63. The molecule has 7 heteroatoms. The second-order valence-corrected chi connectivity index (χ2v) is 6.37. The highest BCUT2D eigenvalue weighted by atomic mass is 16.4. The molecule has 0 saturated carbocycles. The highest BCUT2D eigenvalue weighted by Crippen LogP contribution is 2.25. The number of aryl methyl sites for hydroxylation is 2. The number of carbonyl (C=O) groups is 3. The van der Waals surface area contributed by atoms with Crippen LogP contribution in [-0.2, 0) is 9.59 Å². The average molecular weight is 353 g/mol. The molecule has 0 spiro atoms. The first kappa shape index (κ1) is 17.5. The summed E-state index contributed by atoms with van der Waals surface area (Å²) in [6, 6.07) is 7.98. The van der Waals surface area contributed by atoms with E-state index in [1.165, 1.54) is 6.08 Å². The van der Waals surface area contributed by atoms with Crippen LogP contribution in [0.15, 0.2) is 40.3 Å². The molecule has 0 bridgehead atoms. The maximum atomic E-state index is 12.8. The number of amides is 4. The van der Waals surface area contributed by atoms with Crippen molar-refractivity contribution in [2.75, 3.05) is 23.9 Å². The smallest absolute Gasteiger partial charge is 0.335 e. The monoisotopic (exact) mass is 353 g/mol. The van der Waals surface area contributed by atoms with Gasteiger partial charge in [-0.15, -0.1) is 0 Å². The van der Waals surface area contributed by atoms with Crippen molar-refractivity contribution in [3.63, 3.8) is 0 Å². The number of urea groups is 1. The molecule has 1 N–H and O–H groups in total. The molecule has 0 unspecified atom stereocenters. The van der Waals surface area contributed by atoms with Crippen LogP contribution in [0.4, 0.5) is 16.4 Å². The number of nitrogens with zero attached hydrogens (tertiary/aromatic N) is 2. The molecule has 1 aliphatic rings. The van der Waals surface area contributed by atoms with Crippen LogP contribution in [0.5, 0.6) is 0 Å². The quantitative estimate of drug-likeness (QED) is 0.677. The molecule has 1 aromatic carbocycles. The maximum Gasteiger partial charge on any atom is 0.335 e. The number of nitrogens with one attached hydrogen (secondary N) is 1. The van der Waals surface area contributed by atoms with Crippen LogP contribution < -0.4 is 15.1 Å². The first-order valence-corrected chi connectivity index (χ1v) is 8.03. The molecule has 7 nitrogen and oxygen atoms in total. The highest BCUT2D eigenvalue weighted by molar-refractivity contribution is 6.39. The number of anilines is 2. The van der Waals surface area contributed by atoms with Crippen LogP contribution in [0.1, 0.15) is 16.9 Å². The second kappa shape index (κ2) is 6.51. The third kappa shape index (κ3) is 3.23. The fraction of sp³-hybridized carbons (Fsp3) is 0.211. The molecule has 3 rings (SSSR count). The molecule has 1 aliphatic heterocycles. The number of carbonyl (C=O) groups excluding carboxylic acids is 3. The van der Waals surface area contributed by atoms with Crippen LogP contribution in [0.25, 0.3) is 6.08 Å². The first-order valence-electron chi connectivity index (χ1n) is 8.03. The Kier molecular flexibility index (Phi) is 4.38. The van der Waals surface area contributed by atoms with Gasteiger partial charge in [-0.1, -0.05) is 6.07 Å². The van der Waals surface area contributed by atoms with Crippen molar-refractivity contribution >= 4 is 35.5 Å². The Morgan fingerprint density at radius 1 is 1.04 bits per heavy atom. The minimum absolute atomic E-state index is 0.164. The van der Waals surface area contributed by atoms with E-state index in [4.69, 9.17) is 4.42 Å². The normalized spacial score (nSPS) is 16.2. The second-order valence-electron chi connectivity index (χ2n) is 6.37. The van der Waals surface area contributed by atoms with Crippen LogP contribution >= 0.6 is 0 Å². The molecule has 4 amide bonds. The fourth-order valence-electron chi connectivity index (χ4n) is 2.77. The Hall–Kier alpha value is -3.35. The van der Waals surface area contributed by atoms with Crippen molar-refractivity contribution in [3.8, 4) is 0 Å². The molecule has 1 aromatic heterocycles. The zero-order valence-electron chi connectivity index (χ0n) is 15.0. The van der Waals surface area contributed by atoms with Gasteiger partial charge in [-0.2, -0.15) is 0 Å². The SMILES string of the molecule is Cc1cc(C)cc(N2C(=O)NC(=O)/C(=C/c3ccc(N(C)C)o3)C2=O)c1. The largest absolute Gasteiger partial charge is 0.441 e. The van der Waals surface area contributed by atoms with Crippen molar-refractivity contribution in [2.24, 2.45) is 0 Å². The summed E-state index contributed by atoms with van der Waals surface area (Å²) in [6.45, 7) is 3.74. The molecule has 2 heterocycles. The Bertz CT molecular complexity index is 920. The number of imide groups is 2. The van der Waals surface area contributed by atoms with Crippen molar-refractivity contribution in [1.29, 1.82) is 0 Å². The summed E-state index contributed by atoms with van der Waals surface area (Å²) in [6.07, 6.45) is 1.34. The molecule has 0 atom stereocenters. The Balaban J connectivity index is 2.01. The van der Waals surface area contributed by atoms with Crippen LogP contribution in [0.2, 0.25) is 0 Å². The topological polar surface area (TPSA) is 82.9 Å². The van der Waals surface area contributed by atoms with E-state index in [2.05, 4.69) is 5.32 Å². The van der Waals surface area contributed by atoms with E-state index in [0.29, 0.717) is 17.3 Å². The molecule has 134 valence electrons. The summed E-state index contributed by atoms with van der Waals surface area (Å²) in [4.78, 5) is 40.0. The molecule has 1 fully saturated rings. The minimum atomic E-state index is -0.768. The molecular formula is C19H19N3O4. The van der Waals surface area contributed by atoms with Crippen molar-refractivity contribution in [2.45, 2.75) is 13.8 Å². The van der Waals surface area contributed by atoms with E-state index >= 15 is 0 Å². The summed E-state index contributed by atoms with van der Waals surface area (Å²) >= 11 is 0. The fourth-order valence-corrected chi connectivity index (χ4v) is 2.77. The van der Waals surface area contributed by atoms with Crippen molar-refractivity contribution < 1.29 is 18.8 Å². The summed E-state index contributed by atoms with van der Waals surface area (Å²) in [5, 5.41) is 2.20. The number of rotatable bonds is 3. The lowest BCUT2D eigenvalue weighted by Gasteiger charge is -2.26. The van der Waals surface area contributed by atoms with E-state index in [-0.39, 0.29) is 5.57 Å². The molecule has 1 saturated heterocycles. The third-order valence-corrected chi connectivity index (χ3v) is 3.91. The lowest BCUT2D eigenvalue weighted by molar-refractivity contribution is -0.122. The van der Waals surface area contributed by atoms with E-state index in [0.717, 1.165) is 16.0 Å². The van der Waals surface area contributed by atoms with Gasteiger partial charge in [-0.25, -0.2) is 9.69 Å². The number of hydrogen-bond donors (Lipinski definition) is 1. The van der Waals surface area contributed by atoms with Gasteiger partial charge in [0.05, 0.1) is 5.69 Å². The maximum absolute atomic E-state index is 12.8. The van der Waals surface area contributed by atoms with E-state index in [1.54, 1.807) is 29.2 Å². The zero-order valence-corrected chi connectivity index (χ0v) is 15.0. The Morgan fingerprint density at radius 2 is 1.69 bits per heavy atom. The summed E-state index contributed by atoms with van der Waals surface area (Å²) in [5.74, 6) is -0.500. The van der Waals surface area contributed by atoms with Gasteiger partial charge in [0, 0.05) is 20.2 Å².